The van der Waals surface area contributed by atoms with E-state index in [-0.39, 0.29) is 11.7 Å². The monoisotopic (exact) mass is 440 g/mol. The van der Waals surface area contributed by atoms with Crippen molar-refractivity contribution in [1.29, 1.82) is 0 Å². The molecule has 1 saturated heterocycles. The van der Waals surface area contributed by atoms with E-state index < -0.39 is 0 Å². The second-order valence-corrected chi connectivity index (χ2v) is 9.41. The van der Waals surface area contributed by atoms with Gasteiger partial charge in [-0.2, -0.15) is 0 Å². The van der Waals surface area contributed by atoms with Crippen LogP contribution in [0, 0.1) is 5.82 Å². The maximum absolute atomic E-state index is 13.8. The van der Waals surface area contributed by atoms with Crippen LogP contribution < -0.4 is 9.64 Å². The minimum Gasteiger partial charge on any atom is -0.495 e. The second kappa shape index (κ2) is 7.96. The first-order valence-electron chi connectivity index (χ1n) is 9.86. The molecule has 7 heteroatoms. The highest BCUT2D eigenvalue weighted by Crippen LogP contribution is 2.46. The fourth-order valence-corrected chi connectivity index (χ4v) is 6.38. The number of piperazine rings is 1. The van der Waals surface area contributed by atoms with Crippen LogP contribution in [0.2, 0.25) is 0 Å². The van der Waals surface area contributed by atoms with Crippen molar-refractivity contribution >= 4 is 34.7 Å². The molecule has 30 heavy (non-hydrogen) atoms. The lowest BCUT2D eigenvalue weighted by Gasteiger charge is -2.36. The number of anilines is 1. The number of carbonyl (C=O) groups is 1. The van der Waals surface area contributed by atoms with Gasteiger partial charge in [0.25, 0.3) is 5.91 Å². The molecule has 3 aromatic rings. The van der Waals surface area contributed by atoms with Crippen LogP contribution in [0.15, 0.2) is 53.4 Å². The van der Waals surface area contributed by atoms with Crippen molar-refractivity contribution in [2.75, 3.05) is 38.2 Å². The van der Waals surface area contributed by atoms with Crippen molar-refractivity contribution in [2.45, 2.75) is 10.6 Å². The van der Waals surface area contributed by atoms with E-state index in [1.165, 1.54) is 17.4 Å². The molecule has 5 rings (SSSR count). The average Bonchev–Trinajstić information content (AvgIpc) is 3.23. The summed E-state index contributed by atoms with van der Waals surface area (Å²) in [6, 6.07) is 14.9. The molecule has 0 bridgehead atoms. The number of para-hydroxylation sites is 2. The molecule has 3 heterocycles. The van der Waals surface area contributed by atoms with E-state index in [0.29, 0.717) is 13.1 Å². The van der Waals surface area contributed by atoms with Crippen LogP contribution in [-0.4, -0.2) is 44.1 Å². The van der Waals surface area contributed by atoms with Crippen LogP contribution in [0.1, 0.15) is 15.2 Å². The smallest absolute Gasteiger partial charge is 0.264 e. The van der Waals surface area contributed by atoms with E-state index in [4.69, 9.17) is 4.74 Å². The van der Waals surface area contributed by atoms with Crippen molar-refractivity contribution in [1.82, 2.24) is 4.90 Å². The summed E-state index contributed by atoms with van der Waals surface area (Å²) in [6.45, 7) is 2.86. The largest absolute Gasteiger partial charge is 0.495 e. The normalized spacial score (nSPS) is 15.5. The third-order valence-electron chi connectivity index (χ3n) is 5.58. The van der Waals surface area contributed by atoms with Gasteiger partial charge in [0.15, 0.2) is 0 Å². The average molecular weight is 441 g/mol. The summed E-state index contributed by atoms with van der Waals surface area (Å²) < 4.78 is 19.3. The van der Waals surface area contributed by atoms with E-state index >= 15 is 0 Å². The van der Waals surface area contributed by atoms with Gasteiger partial charge >= 0.3 is 0 Å². The fraction of sp³-hybridized carbons (Fsp3) is 0.261. The summed E-state index contributed by atoms with van der Waals surface area (Å²) in [4.78, 5) is 20.2. The molecule has 0 aliphatic carbocycles. The lowest BCUT2D eigenvalue weighted by molar-refractivity contribution is 0.0751. The summed E-state index contributed by atoms with van der Waals surface area (Å²) in [5.41, 5.74) is 3.10. The van der Waals surface area contributed by atoms with E-state index in [1.54, 1.807) is 24.9 Å². The van der Waals surface area contributed by atoms with E-state index in [2.05, 4.69) is 11.0 Å². The summed E-state index contributed by atoms with van der Waals surface area (Å²) in [6.07, 6.45) is 0. The Kier molecular flexibility index (Phi) is 5.16. The Balaban J connectivity index is 1.33. The standard InChI is InChI=1S/C23H21FN2O2S2/c1-28-19-5-3-2-4-18(19)25-8-10-26(11-9-25)23(27)21-12-15-14-29-20-7-6-16(24)13-17(20)22(15)30-21/h2-7,12-13H,8-11,14H2,1H3. The number of fused-ring (bicyclic) bond motifs is 3. The molecule has 1 fully saturated rings. The van der Waals surface area contributed by atoms with Crippen molar-refractivity contribution in [2.24, 2.45) is 0 Å². The summed E-state index contributed by atoms with van der Waals surface area (Å²) >= 11 is 3.19. The van der Waals surface area contributed by atoms with Gasteiger partial charge in [-0.15, -0.1) is 23.1 Å². The third-order valence-corrected chi connectivity index (χ3v) is 7.90. The number of ether oxygens (including phenoxy) is 1. The van der Waals surface area contributed by atoms with Gasteiger partial charge in [-0.05, 0) is 42.0 Å². The zero-order valence-electron chi connectivity index (χ0n) is 16.6. The highest BCUT2D eigenvalue weighted by molar-refractivity contribution is 7.98. The van der Waals surface area contributed by atoms with Crippen LogP contribution in [0.4, 0.5) is 10.1 Å². The minimum absolute atomic E-state index is 0.0667. The van der Waals surface area contributed by atoms with Gasteiger partial charge in [-0.1, -0.05) is 12.1 Å². The number of methoxy groups -OCH3 is 1. The Morgan fingerprint density at radius 3 is 2.67 bits per heavy atom. The molecule has 154 valence electrons. The molecule has 2 aliphatic heterocycles. The Morgan fingerprint density at radius 1 is 1.07 bits per heavy atom. The first-order chi connectivity index (χ1) is 14.6. The maximum Gasteiger partial charge on any atom is 0.264 e. The molecule has 1 amide bonds. The van der Waals surface area contributed by atoms with Gasteiger partial charge in [0, 0.05) is 47.3 Å². The van der Waals surface area contributed by atoms with Crippen molar-refractivity contribution in [3.05, 3.63) is 64.8 Å². The van der Waals surface area contributed by atoms with E-state index in [9.17, 15) is 9.18 Å². The summed E-state index contributed by atoms with van der Waals surface area (Å²) in [5, 5.41) is 0. The van der Waals surface area contributed by atoms with Gasteiger partial charge in [0.1, 0.15) is 11.6 Å². The van der Waals surface area contributed by atoms with Gasteiger partial charge in [-0.3, -0.25) is 4.79 Å². The van der Waals surface area contributed by atoms with Crippen LogP contribution >= 0.6 is 23.1 Å². The second-order valence-electron chi connectivity index (χ2n) is 7.35. The number of thiophene rings is 1. The van der Waals surface area contributed by atoms with Gasteiger partial charge in [-0.25, -0.2) is 4.39 Å². The Bertz CT molecular complexity index is 1110. The zero-order chi connectivity index (χ0) is 20.7. The molecule has 0 atom stereocenters. The topological polar surface area (TPSA) is 32.8 Å². The molecule has 4 nitrogen and oxygen atoms in total. The number of rotatable bonds is 3. The van der Waals surface area contributed by atoms with Crippen LogP contribution in [0.5, 0.6) is 5.75 Å². The minimum atomic E-state index is -0.240. The molecule has 2 aliphatic rings. The fourth-order valence-electron chi connectivity index (χ4n) is 4.03. The molecule has 0 unspecified atom stereocenters. The number of halogens is 1. The molecule has 0 N–H and O–H groups in total. The summed E-state index contributed by atoms with van der Waals surface area (Å²) in [5.74, 6) is 1.50. The number of nitrogens with zero attached hydrogens (tertiary/aromatic N) is 2. The van der Waals surface area contributed by atoms with Gasteiger partial charge in [0.05, 0.1) is 17.7 Å². The van der Waals surface area contributed by atoms with Gasteiger partial charge < -0.3 is 14.5 Å². The lowest BCUT2D eigenvalue weighted by Crippen LogP contribution is -2.48. The lowest BCUT2D eigenvalue weighted by atomic mass is 10.1. The number of thioether (sulfide) groups is 1. The first-order valence-corrected chi connectivity index (χ1v) is 11.7. The number of hydrogen-bond donors (Lipinski definition) is 0. The van der Waals surface area contributed by atoms with E-state index in [1.807, 2.05) is 35.2 Å². The molecule has 1 aromatic heterocycles. The van der Waals surface area contributed by atoms with E-state index in [0.717, 1.165) is 56.1 Å². The predicted octanol–water partition coefficient (Wildman–Crippen LogP) is 5.13. The van der Waals surface area contributed by atoms with Crippen molar-refractivity contribution in [3.63, 3.8) is 0 Å². The Hall–Kier alpha value is -2.51. The van der Waals surface area contributed by atoms with Gasteiger partial charge in [0.2, 0.25) is 0 Å². The SMILES string of the molecule is COc1ccccc1N1CCN(C(=O)c2cc3c(s2)-c2cc(F)ccc2SC3)CC1. The van der Waals surface area contributed by atoms with Crippen molar-refractivity contribution < 1.29 is 13.9 Å². The van der Waals surface area contributed by atoms with Crippen molar-refractivity contribution in [3.8, 4) is 16.2 Å². The number of amides is 1. The first kappa shape index (κ1) is 19.5. The highest BCUT2D eigenvalue weighted by Gasteiger charge is 2.27. The molecule has 2 aromatic carbocycles. The number of benzene rings is 2. The number of hydrogen-bond acceptors (Lipinski definition) is 5. The molecular formula is C23H21FN2O2S2. The highest BCUT2D eigenvalue weighted by atomic mass is 32.2. The molecule has 0 spiro atoms. The Morgan fingerprint density at radius 2 is 1.87 bits per heavy atom. The maximum atomic E-state index is 13.8. The molecule has 0 radical (unpaired) electrons. The summed E-state index contributed by atoms with van der Waals surface area (Å²) in [7, 11) is 1.68. The quantitative estimate of drug-likeness (QED) is 0.565. The van der Waals surface area contributed by atoms with Crippen LogP contribution in [0.3, 0.4) is 0 Å². The molecule has 0 saturated carbocycles. The number of carbonyl (C=O) groups excluding carboxylic acids is 1. The van der Waals surface area contributed by atoms with Crippen LogP contribution in [-0.2, 0) is 5.75 Å². The third kappa shape index (κ3) is 3.46. The zero-order valence-corrected chi connectivity index (χ0v) is 18.2. The predicted molar refractivity (Wildman–Crippen MR) is 120 cm³/mol. The Labute approximate surface area is 183 Å². The van der Waals surface area contributed by atoms with Crippen LogP contribution in [0.25, 0.3) is 10.4 Å². The molecular weight excluding hydrogens is 419 g/mol.